The standard InChI is InChI=1S/C23H25N5O3.H2S/c1-15(29)28-9-10-30-18(13-28)14-31-23-22-20(24-6-7-25-22)12-19(26-23)16-3-4-21-17(11-16)5-8-27(21)2;/h3-4,6-7,11-12,18H,5,8-10,13-14H2,1-2H3;1H2/t18-;/m0./s1. The normalized spacial score (nSPS) is 17.8. The van der Waals surface area contributed by atoms with Crippen LogP contribution in [-0.4, -0.2) is 71.8 Å². The van der Waals surface area contributed by atoms with Crippen molar-refractivity contribution in [3.63, 3.8) is 0 Å². The largest absolute Gasteiger partial charge is 0.473 e. The molecule has 0 bridgehead atoms. The summed E-state index contributed by atoms with van der Waals surface area (Å²) in [6.07, 6.45) is 4.13. The van der Waals surface area contributed by atoms with Crippen LogP contribution in [0.1, 0.15) is 12.5 Å². The van der Waals surface area contributed by atoms with Crippen LogP contribution < -0.4 is 9.64 Å². The third-order valence-electron chi connectivity index (χ3n) is 5.92. The maximum Gasteiger partial charge on any atom is 0.242 e. The number of aromatic nitrogens is 3. The number of carbonyl (C=O) groups is 1. The van der Waals surface area contributed by atoms with Gasteiger partial charge in [0.15, 0.2) is 5.52 Å². The van der Waals surface area contributed by atoms with Crippen molar-refractivity contribution in [1.82, 2.24) is 19.9 Å². The van der Waals surface area contributed by atoms with E-state index in [0.29, 0.717) is 37.7 Å². The number of rotatable bonds is 4. The van der Waals surface area contributed by atoms with E-state index in [1.165, 1.54) is 11.3 Å². The Kier molecular flexibility index (Phi) is 6.48. The van der Waals surface area contributed by atoms with E-state index in [1.54, 1.807) is 24.2 Å². The second-order valence-electron chi connectivity index (χ2n) is 8.02. The van der Waals surface area contributed by atoms with E-state index in [-0.39, 0.29) is 25.5 Å². The Bertz CT molecular complexity index is 1140. The van der Waals surface area contributed by atoms with Gasteiger partial charge in [-0.05, 0) is 30.2 Å². The highest BCUT2D eigenvalue weighted by molar-refractivity contribution is 7.59. The first-order chi connectivity index (χ1) is 15.1. The average molecular weight is 454 g/mol. The molecular formula is C23H27N5O3S. The SMILES string of the molecule is CC(=O)N1CCO[C@H](COc2nc(-c3ccc4c(c3)CCN4C)cc3nccnc23)C1.S. The lowest BCUT2D eigenvalue weighted by Gasteiger charge is -2.32. The maximum absolute atomic E-state index is 11.7. The van der Waals surface area contributed by atoms with E-state index < -0.39 is 0 Å². The average Bonchev–Trinajstić information content (AvgIpc) is 3.17. The number of nitrogens with zero attached hydrogens (tertiary/aromatic N) is 5. The van der Waals surface area contributed by atoms with Crippen LogP contribution >= 0.6 is 13.5 Å². The van der Waals surface area contributed by atoms with Crippen LogP contribution in [0.2, 0.25) is 0 Å². The summed E-state index contributed by atoms with van der Waals surface area (Å²) in [5.41, 5.74) is 5.77. The molecule has 1 aromatic carbocycles. The smallest absolute Gasteiger partial charge is 0.242 e. The van der Waals surface area contributed by atoms with Gasteiger partial charge in [-0.3, -0.25) is 9.78 Å². The van der Waals surface area contributed by atoms with Crippen molar-refractivity contribution in [3.05, 3.63) is 42.2 Å². The molecule has 0 aliphatic carbocycles. The number of anilines is 1. The number of amides is 1. The predicted molar refractivity (Wildman–Crippen MR) is 128 cm³/mol. The Hall–Kier alpha value is -2.91. The van der Waals surface area contributed by atoms with Gasteiger partial charge in [-0.1, -0.05) is 6.07 Å². The van der Waals surface area contributed by atoms with Gasteiger partial charge in [0.1, 0.15) is 12.7 Å². The lowest BCUT2D eigenvalue weighted by molar-refractivity contribution is -0.137. The van der Waals surface area contributed by atoms with Crippen LogP contribution in [0.5, 0.6) is 5.88 Å². The number of hydrogen-bond acceptors (Lipinski definition) is 7. The molecule has 1 fully saturated rings. The summed E-state index contributed by atoms with van der Waals surface area (Å²) < 4.78 is 11.9. The highest BCUT2D eigenvalue weighted by Gasteiger charge is 2.24. The summed E-state index contributed by atoms with van der Waals surface area (Å²) in [7, 11) is 2.11. The van der Waals surface area contributed by atoms with E-state index in [0.717, 1.165) is 29.7 Å². The molecular weight excluding hydrogens is 426 g/mol. The second-order valence-corrected chi connectivity index (χ2v) is 8.02. The van der Waals surface area contributed by atoms with Crippen molar-refractivity contribution < 1.29 is 14.3 Å². The van der Waals surface area contributed by atoms with Crippen LogP contribution in [0.3, 0.4) is 0 Å². The van der Waals surface area contributed by atoms with E-state index in [1.807, 2.05) is 6.07 Å². The summed E-state index contributed by atoms with van der Waals surface area (Å²) in [5, 5.41) is 0. The van der Waals surface area contributed by atoms with Crippen LogP contribution in [0, 0.1) is 0 Å². The molecule has 0 unspecified atom stereocenters. The molecule has 168 valence electrons. The van der Waals surface area contributed by atoms with E-state index >= 15 is 0 Å². The minimum absolute atomic E-state index is 0. The molecule has 2 aliphatic heterocycles. The van der Waals surface area contributed by atoms with Gasteiger partial charge in [-0.15, -0.1) is 0 Å². The van der Waals surface area contributed by atoms with Gasteiger partial charge in [0.2, 0.25) is 11.8 Å². The van der Waals surface area contributed by atoms with Crippen molar-refractivity contribution in [2.45, 2.75) is 19.4 Å². The molecule has 0 N–H and O–H groups in total. The molecule has 0 spiro atoms. The number of likely N-dealkylation sites (N-methyl/N-ethyl adjacent to an activating group) is 1. The number of pyridine rings is 1. The van der Waals surface area contributed by atoms with Crippen LogP contribution in [0.4, 0.5) is 5.69 Å². The maximum atomic E-state index is 11.7. The number of benzene rings is 1. The van der Waals surface area contributed by atoms with Gasteiger partial charge >= 0.3 is 0 Å². The van der Waals surface area contributed by atoms with Gasteiger partial charge in [-0.25, -0.2) is 9.97 Å². The fourth-order valence-electron chi connectivity index (χ4n) is 4.20. The molecule has 5 rings (SSSR count). The number of hydrogen-bond donors (Lipinski definition) is 0. The first kappa shape index (κ1) is 22.3. The highest BCUT2D eigenvalue weighted by atomic mass is 32.1. The number of carbonyl (C=O) groups excluding carboxylic acids is 1. The van der Waals surface area contributed by atoms with E-state index in [9.17, 15) is 4.79 Å². The first-order valence-corrected chi connectivity index (χ1v) is 10.5. The third kappa shape index (κ3) is 4.35. The molecule has 8 nitrogen and oxygen atoms in total. The van der Waals surface area contributed by atoms with Crippen LogP contribution in [0.25, 0.3) is 22.3 Å². The van der Waals surface area contributed by atoms with Gasteiger partial charge < -0.3 is 19.3 Å². The summed E-state index contributed by atoms with van der Waals surface area (Å²) in [5.74, 6) is 0.480. The molecule has 1 saturated heterocycles. The molecule has 1 amide bonds. The Balaban J connectivity index is 0.00000245. The van der Waals surface area contributed by atoms with E-state index in [2.05, 4.69) is 40.1 Å². The Morgan fingerprint density at radius 2 is 2.06 bits per heavy atom. The van der Waals surface area contributed by atoms with Crippen molar-refractivity contribution in [2.75, 3.05) is 44.8 Å². The Labute approximate surface area is 194 Å². The molecule has 32 heavy (non-hydrogen) atoms. The summed E-state index contributed by atoms with van der Waals surface area (Å²) in [6.45, 7) is 4.53. The molecule has 4 heterocycles. The zero-order valence-corrected chi connectivity index (χ0v) is 19.2. The van der Waals surface area contributed by atoms with Crippen LogP contribution in [-0.2, 0) is 16.0 Å². The molecule has 9 heteroatoms. The highest BCUT2D eigenvalue weighted by Crippen LogP contribution is 2.33. The topological polar surface area (TPSA) is 80.7 Å². The molecule has 2 aliphatic rings. The molecule has 1 atom stereocenters. The quantitative estimate of drug-likeness (QED) is 0.600. The van der Waals surface area contributed by atoms with Gasteiger partial charge in [-0.2, -0.15) is 13.5 Å². The summed E-state index contributed by atoms with van der Waals surface area (Å²) in [6, 6.07) is 8.38. The Morgan fingerprint density at radius 1 is 1.22 bits per heavy atom. The molecule has 2 aromatic heterocycles. The third-order valence-corrected chi connectivity index (χ3v) is 5.92. The number of ether oxygens (including phenoxy) is 2. The Morgan fingerprint density at radius 3 is 2.91 bits per heavy atom. The van der Waals surface area contributed by atoms with Gasteiger partial charge in [0.05, 0.1) is 24.4 Å². The second kappa shape index (κ2) is 9.30. The van der Waals surface area contributed by atoms with Crippen LogP contribution in [0.15, 0.2) is 36.7 Å². The predicted octanol–water partition coefficient (Wildman–Crippen LogP) is 2.42. The number of morpholine rings is 1. The minimum atomic E-state index is -0.203. The van der Waals surface area contributed by atoms with E-state index in [4.69, 9.17) is 14.5 Å². The van der Waals surface area contributed by atoms with Gasteiger partial charge in [0.25, 0.3) is 0 Å². The lowest BCUT2D eigenvalue weighted by Crippen LogP contribution is -2.46. The lowest BCUT2D eigenvalue weighted by atomic mass is 10.1. The number of fused-ring (bicyclic) bond motifs is 2. The van der Waals surface area contributed by atoms with Crippen molar-refractivity contribution in [3.8, 4) is 17.1 Å². The molecule has 3 aromatic rings. The zero-order chi connectivity index (χ0) is 21.4. The molecule has 0 saturated carbocycles. The summed E-state index contributed by atoms with van der Waals surface area (Å²) in [4.78, 5) is 29.4. The van der Waals surface area contributed by atoms with Crippen molar-refractivity contribution in [2.24, 2.45) is 0 Å². The first-order valence-electron chi connectivity index (χ1n) is 10.5. The van der Waals surface area contributed by atoms with Crippen molar-refractivity contribution in [1.29, 1.82) is 0 Å². The van der Waals surface area contributed by atoms with Gasteiger partial charge in [0, 0.05) is 50.7 Å². The fraction of sp³-hybridized carbons (Fsp3) is 0.391. The van der Waals surface area contributed by atoms with Crippen molar-refractivity contribution >= 4 is 36.1 Å². The minimum Gasteiger partial charge on any atom is -0.473 e. The fourth-order valence-corrected chi connectivity index (χ4v) is 4.20. The molecule has 0 radical (unpaired) electrons. The monoisotopic (exact) mass is 453 g/mol. The summed E-state index contributed by atoms with van der Waals surface area (Å²) >= 11 is 0. The zero-order valence-electron chi connectivity index (χ0n) is 18.2.